The van der Waals surface area contributed by atoms with Crippen LogP contribution in [0.1, 0.15) is 17.2 Å². The number of hydrogen-bond donors (Lipinski definition) is 2. The Labute approximate surface area is 125 Å². The van der Waals surface area contributed by atoms with Gasteiger partial charge in [-0.2, -0.15) is 0 Å². The summed E-state index contributed by atoms with van der Waals surface area (Å²) in [6.45, 7) is 0.950. The van der Waals surface area contributed by atoms with E-state index in [0.29, 0.717) is 13.2 Å². The van der Waals surface area contributed by atoms with E-state index in [9.17, 15) is 4.79 Å². The first-order chi connectivity index (χ1) is 10.3. The molecule has 0 radical (unpaired) electrons. The lowest BCUT2D eigenvalue weighted by Gasteiger charge is -2.19. The van der Waals surface area contributed by atoms with Crippen molar-refractivity contribution in [3.8, 4) is 0 Å². The number of nitrogens with one attached hydrogen (secondary N) is 2. The second-order valence-corrected chi connectivity index (χ2v) is 4.69. The first-order valence-electron chi connectivity index (χ1n) is 6.94. The van der Waals surface area contributed by atoms with E-state index in [1.807, 2.05) is 60.7 Å². The summed E-state index contributed by atoms with van der Waals surface area (Å²) in [6.07, 6.45) is 0. The van der Waals surface area contributed by atoms with Gasteiger partial charge in [0.05, 0.1) is 19.3 Å². The number of benzene rings is 2. The summed E-state index contributed by atoms with van der Waals surface area (Å²) in [5.41, 5.74) is 2.14. The zero-order valence-corrected chi connectivity index (χ0v) is 12.1. The Hall–Kier alpha value is -2.33. The van der Waals surface area contributed by atoms with Gasteiger partial charge in [0.25, 0.3) is 0 Å². The number of rotatable bonds is 6. The molecule has 0 aliphatic heterocycles. The summed E-state index contributed by atoms with van der Waals surface area (Å²) in [4.78, 5) is 11.6. The molecule has 0 aliphatic carbocycles. The monoisotopic (exact) mass is 284 g/mol. The topological polar surface area (TPSA) is 50.4 Å². The molecule has 2 aromatic rings. The van der Waals surface area contributed by atoms with Crippen LogP contribution in [0.15, 0.2) is 60.7 Å². The maximum absolute atomic E-state index is 11.6. The molecule has 0 aliphatic rings. The fourth-order valence-electron chi connectivity index (χ4n) is 2.01. The van der Waals surface area contributed by atoms with Crippen LogP contribution in [0.2, 0.25) is 0 Å². The average Bonchev–Trinajstić information content (AvgIpc) is 2.55. The zero-order valence-electron chi connectivity index (χ0n) is 12.1. The molecule has 0 bridgehead atoms. The molecule has 2 rings (SSSR count). The Morgan fingerprint density at radius 3 is 2.29 bits per heavy atom. The Balaban J connectivity index is 1.94. The standard InChI is InChI=1S/C17H20N2O2/c1-18-17(20)19-16(15-10-6-3-7-11-15)13-21-12-14-8-4-2-5-9-14/h2-11,16H,12-13H2,1H3,(H2,18,19,20)/t16-/m1/s1. The molecule has 0 spiro atoms. The molecule has 2 N–H and O–H groups in total. The Bertz CT molecular complexity index is 543. The molecule has 0 unspecified atom stereocenters. The molecule has 2 amide bonds. The van der Waals surface area contributed by atoms with Crippen molar-refractivity contribution in [2.45, 2.75) is 12.6 Å². The van der Waals surface area contributed by atoms with Crippen molar-refractivity contribution < 1.29 is 9.53 Å². The highest BCUT2D eigenvalue weighted by molar-refractivity contribution is 5.74. The highest BCUT2D eigenvalue weighted by Crippen LogP contribution is 2.14. The maximum atomic E-state index is 11.6. The number of carbonyl (C=O) groups excluding carboxylic acids is 1. The van der Waals surface area contributed by atoms with Gasteiger partial charge in [-0.15, -0.1) is 0 Å². The highest BCUT2D eigenvalue weighted by Gasteiger charge is 2.13. The van der Waals surface area contributed by atoms with E-state index >= 15 is 0 Å². The number of hydrogen-bond acceptors (Lipinski definition) is 2. The molecule has 4 nitrogen and oxygen atoms in total. The van der Waals surface area contributed by atoms with Crippen molar-refractivity contribution in [1.29, 1.82) is 0 Å². The van der Waals surface area contributed by atoms with Crippen molar-refractivity contribution in [2.24, 2.45) is 0 Å². The van der Waals surface area contributed by atoms with E-state index in [1.165, 1.54) is 0 Å². The maximum Gasteiger partial charge on any atom is 0.315 e. The largest absolute Gasteiger partial charge is 0.374 e. The summed E-state index contributed by atoms with van der Waals surface area (Å²) in [5, 5.41) is 5.46. The predicted molar refractivity (Wildman–Crippen MR) is 82.9 cm³/mol. The van der Waals surface area contributed by atoms with E-state index in [-0.39, 0.29) is 12.1 Å². The molecule has 21 heavy (non-hydrogen) atoms. The third-order valence-electron chi connectivity index (χ3n) is 3.13. The van der Waals surface area contributed by atoms with Gasteiger partial charge < -0.3 is 15.4 Å². The van der Waals surface area contributed by atoms with E-state index in [1.54, 1.807) is 7.05 Å². The summed E-state index contributed by atoms with van der Waals surface area (Å²) >= 11 is 0. The van der Waals surface area contributed by atoms with Gasteiger partial charge in [0.15, 0.2) is 0 Å². The normalized spacial score (nSPS) is 11.7. The van der Waals surface area contributed by atoms with E-state index < -0.39 is 0 Å². The molecule has 110 valence electrons. The number of carbonyl (C=O) groups is 1. The Kier molecular flexibility index (Phi) is 5.79. The van der Waals surface area contributed by atoms with Gasteiger partial charge in [0.1, 0.15) is 0 Å². The summed E-state index contributed by atoms with van der Waals surface area (Å²) in [5.74, 6) is 0. The van der Waals surface area contributed by atoms with Crippen LogP contribution in [-0.4, -0.2) is 19.7 Å². The lowest BCUT2D eigenvalue weighted by atomic mass is 10.1. The van der Waals surface area contributed by atoms with Crippen LogP contribution in [0.4, 0.5) is 4.79 Å². The van der Waals surface area contributed by atoms with Crippen LogP contribution in [-0.2, 0) is 11.3 Å². The van der Waals surface area contributed by atoms with Gasteiger partial charge >= 0.3 is 6.03 Å². The van der Waals surface area contributed by atoms with Gasteiger partial charge in [-0.25, -0.2) is 4.79 Å². The summed E-state index contributed by atoms with van der Waals surface area (Å²) in [6, 6.07) is 19.4. The van der Waals surface area contributed by atoms with Gasteiger partial charge in [-0.05, 0) is 11.1 Å². The molecule has 0 saturated carbocycles. The van der Waals surface area contributed by atoms with Crippen molar-refractivity contribution in [3.05, 3.63) is 71.8 Å². The van der Waals surface area contributed by atoms with Crippen LogP contribution in [0.25, 0.3) is 0 Å². The lowest BCUT2D eigenvalue weighted by molar-refractivity contribution is 0.100. The first kappa shape index (κ1) is 15.1. The van der Waals surface area contributed by atoms with Crippen molar-refractivity contribution in [1.82, 2.24) is 10.6 Å². The summed E-state index contributed by atoms with van der Waals surface area (Å²) < 4.78 is 5.74. The average molecular weight is 284 g/mol. The molecular formula is C17H20N2O2. The van der Waals surface area contributed by atoms with Gasteiger partial charge in [0, 0.05) is 7.05 Å². The zero-order chi connectivity index (χ0) is 14.9. The third-order valence-corrected chi connectivity index (χ3v) is 3.13. The number of amides is 2. The minimum atomic E-state index is -0.216. The van der Waals surface area contributed by atoms with Gasteiger partial charge in [-0.3, -0.25) is 0 Å². The second kappa shape index (κ2) is 8.07. The number of ether oxygens (including phenoxy) is 1. The molecule has 0 fully saturated rings. The smallest absolute Gasteiger partial charge is 0.315 e. The van der Waals surface area contributed by atoms with Crippen molar-refractivity contribution in [2.75, 3.05) is 13.7 Å². The SMILES string of the molecule is CNC(=O)N[C@H](COCc1ccccc1)c1ccccc1. The highest BCUT2D eigenvalue weighted by atomic mass is 16.5. The van der Waals surface area contributed by atoms with Gasteiger partial charge in [0.2, 0.25) is 0 Å². The molecule has 0 saturated heterocycles. The fraction of sp³-hybridized carbons (Fsp3) is 0.235. The Morgan fingerprint density at radius 1 is 1.05 bits per heavy atom. The van der Waals surface area contributed by atoms with Crippen LogP contribution >= 0.6 is 0 Å². The van der Waals surface area contributed by atoms with E-state index in [0.717, 1.165) is 11.1 Å². The third kappa shape index (κ3) is 4.93. The quantitative estimate of drug-likeness (QED) is 0.857. The van der Waals surface area contributed by atoms with Crippen LogP contribution in [0.5, 0.6) is 0 Å². The molecule has 0 aromatic heterocycles. The van der Waals surface area contributed by atoms with Crippen molar-refractivity contribution >= 4 is 6.03 Å². The molecule has 0 heterocycles. The lowest BCUT2D eigenvalue weighted by Crippen LogP contribution is -2.37. The van der Waals surface area contributed by atoms with Crippen LogP contribution in [0, 0.1) is 0 Å². The fourth-order valence-corrected chi connectivity index (χ4v) is 2.01. The van der Waals surface area contributed by atoms with E-state index in [2.05, 4.69) is 10.6 Å². The summed E-state index contributed by atoms with van der Waals surface area (Å²) in [7, 11) is 1.60. The molecule has 4 heteroatoms. The number of urea groups is 1. The van der Waals surface area contributed by atoms with Crippen LogP contribution < -0.4 is 10.6 Å². The Morgan fingerprint density at radius 2 is 1.67 bits per heavy atom. The van der Waals surface area contributed by atoms with Crippen molar-refractivity contribution in [3.63, 3.8) is 0 Å². The van der Waals surface area contributed by atoms with Gasteiger partial charge in [-0.1, -0.05) is 60.7 Å². The molecule has 1 atom stereocenters. The minimum absolute atomic E-state index is 0.171. The van der Waals surface area contributed by atoms with Crippen LogP contribution in [0.3, 0.4) is 0 Å². The van der Waals surface area contributed by atoms with E-state index in [4.69, 9.17) is 4.74 Å². The minimum Gasteiger partial charge on any atom is -0.374 e. The second-order valence-electron chi connectivity index (χ2n) is 4.69. The predicted octanol–water partition coefficient (Wildman–Crippen LogP) is 2.87. The molecular weight excluding hydrogens is 264 g/mol. The first-order valence-corrected chi connectivity index (χ1v) is 6.94. The molecule has 2 aromatic carbocycles.